The molecule has 6 nitrogen and oxygen atoms in total. The first-order chi connectivity index (χ1) is 16.0. The molecule has 1 fully saturated rings. The van der Waals surface area contributed by atoms with Crippen molar-refractivity contribution >= 4 is 23.4 Å². The molecule has 1 aromatic carbocycles. The van der Waals surface area contributed by atoms with Crippen LogP contribution in [0.4, 0.5) is 24.7 Å². The molecule has 34 heavy (non-hydrogen) atoms. The fraction of sp³-hybridized carbons (Fsp3) is 0.480. The van der Waals surface area contributed by atoms with Crippen LogP contribution in [-0.2, 0) is 20.4 Å². The van der Waals surface area contributed by atoms with Crippen molar-refractivity contribution in [3.8, 4) is 0 Å². The Hall–Kier alpha value is -3.10. The predicted octanol–water partition coefficient (Wildman–Crippen LogP) is 6.00. The summed E-state index contributed by atoms with van der Waals surface area (Å²) >= 11 is 0. The van der Waals surface area contributed by atoms with Gasteiger partial charge in [-0.1, -0.05) is 33.3 Å². The van der Waals surface area contributed by atoms with Crippen molar-refractivity contribution in [1.82, 2.24) is 4.98 Å². The van der Waals surface area contributed by atoms with Gasteiger partial charge in [-0.05, 0) is 60.9 Å². The number of aromatic nitrogens is 1. The minimum absolute atomic E-state index is 0.0148. The van der Waals surface area contributed by atoms with Gasteiger partial charge in [-0.15, -0.1) is 0 Å². The third-order valence-corrected chi connectivity index (χ3v) is 6.05. The molecule has 0 saturated heterocycles. The molecule has 1 saturated carbocycles. The van der Waals surface area contributed by atoms with Crippen LogP contribution in [0.3, 0.4) is 0 Å². The van der Waals surface area contributed by atoms with Crippen LogP contribution < -0.4 is 5.32 Å². The number of rotatable bonds is 7. The molecule has 2 aromatic rings. The summed E-state index contributed by atoms with van der Waals surface area (Å²) in [4.78, 5) is 29.0. The van der Waals surface area contributed by atoms with E-state index in [1.165, 1.54) is 30.5 Å². The Labute approximate surface area is 196 Å². The molecule has 3 rings (SSSR count). The summed E-state index contributed by atoms with van der Waals surface area (Å²) in [6.07, 6.45) is -0.487. The van der Waals surface area contributed by atoms with Crippen LogP contribution in [0, 0.1) is 17.8 Å². The number of hydrogen-bond donors (Lipinski definition) is 1. The zero-order chi connectivity index (χ0) is 24.9. The molecule has 1 aromatic heterocycles. The quantitative estimate of drug-likeness (QED) is 0.492. The fourth-order valence-corrected chi connectivity index (χ4v) is 4.23. The molecule has 9 heteroatoms. The van der Waals surface area contributed by atoms with Crippen LogP contribution >= 0.6 is 0 Å². The number of halogens is 3. The van der Waals surface area contributed by atoms with Crippen molar-refractivity contribution in [1.29, 1.82) is 0 Å². The molecule has 1 aliphatic carbocycles. The minimum atomic E-state index is -4.51. The van der Waals surface area contributed by atoms with E-state index >= 15 is 0 Å². The number of pyridine rings is 1. The number of esters is 2. The van der Waals surface area contributed by atoms with E-state index in [1.54, 1.807) is 0 Å². The Kier molecular flexibility index (Phi) is 8.17. The van der Waals surface area contributed by atoms with Gasteiger partial charge in [-0.3, -0.25) is 0 Å². The first-order valence-corrected chi connectivity index (χ1v) is 11.3. The molecular weight excluding hydrogens is 449 g/mol. The lowest BCUT2D eigenvalue weighted by Crippen LogP contribution is -2.36. The van der Waals surface area contributed by atoms with E-state index in [1.807, 2.05) is 0 Å². The molecule has 1 N–H and O–H groups in total. The summed E-state index contributed by atoms with van der Waals surface area (Å²) in [6.45, 7) is 5.76. The summed E-state index contributed by atoms with van der Waals surface area (Å²) in [5.41, 5.74) is -0.746. The van der Waals surface area contributed by atoms with Crippen LogP contribution in [0.5, 0.6) is 0 Å². The lowest BCUT2D eigenvalue weighted by molar-refractivity contribution is -0.159. The zero-order valence-corrected chi connectivity index (χ0v) is 19.4. The van der Waals surface area contributed by atoms with Crippen LogP contribution in [-0.4, -0.2) is 29.6 Å². The van der Waals surface area contributed by atoms with E-state index in [0.717, 1.165) is 31.4 Å². The third kappa shape index (κ3) is 6.71. The molecule has 184 valence electrons. The highest BCUT2D eigenvalue weighted by Gasteiger charge is 2.34. The highest BCUT2D eigenvalue weighted by molar-refractivity contribution is 5.96. The summed E-state index contributed by atoms with van der Waals surface area (Å²) in [7, 11) is 0. The Morgan fingerprint density at radius 2 is 1.94 bits per heavy atom. The van der Waals surface area contributed by atoms with Gasteiger partial charge in [0, 0.05) is 11.9 Å². The van der Waals surface area contributed by atoms with E-state index in [4.69, 9.17) is 9.47 Å². The standard InChI is InChI=1S/C25H29F3N2O4/c1-15(2)19-10-9-16(3)12-21(19)34-22(31)14-33-24(32)20-8-5-11-29-23(20)30-18-7-4-6-17(13-18)25(26,27)28/h4-8,11,13,15-16,19,21H,9-10,12,14H2,1-3H3,(H,29,30)/t16-,19-,21-/m1/s1. The smallest absolute Gasteiger partial charge is 0.416 e. The molecule has 0 aliphatic heterocycles. The van der Waals surface area contributed by atoms with Crippen molar-refractivity contribution < 1.29 is 32.2 Å². The van der Waals surface area contributed by atoms with E-state index in [-0.39, 0.29) is 29.1 Å². The van der Waals surface area contributed by atoms with Gasteiger partial charge >= 0.3 is 18.1 Å². The average Bonchev–Trinajstić information content (AvgIpc) is 2.77. The van der Waals surface area contributed by atoms with Crippen LogP contribution in [0.15, 0.2) is 42.6 Å². The minimum Gasteiger partial charge on any atom is -0.460 e. The van der Waals surface area contributed by atoms with Crippen LogP contribution in [0.2, 0.25) is 0 Å². The van der Waals surface area contributed by atoms with Crippen molar-refractivity contribution in [3.05, 3.63) is 53.7 Å². The molecule has 0 amide bonds. The highest BCUT2D eigenvalue weighted by atomic mass is 19.4. The zero-order valence-electron chi connectivity index (χ0n) is 19.4. The molecule has 0 bridgehead atoms. The number of nitrogens with one attached hydrogen (secondary N) is 1. The summed E-state index contributed by atoms with van der Waals surface area (Å²) in [5, 5.41) is 2.71. The highest BCUT2D eigenvalue weighted by Crippen LogP contribution is 2.35. The van der Waals surface area contributed by atoms with Crippen molar-refractivity contribution in [2.45, 2.75) is 52.3 Å². The number of carbonyl (C=O) groups is 2. The summed E-state index contributed by atoms with van der Waals surface area (Å²) < 4.78 is 49.7. The number of benzene rings is 1. The maximum absolute atomic E-state index is 13.0. The lowest BCUT2D eigenvalue weighted by Gasteiger charge is -2.36. The second-order valence-corrected chi connectivity index (χ2v) is 9.03. The Bertz CT molecular complexity index is 1010. The second kappa shape index (κ2) is 10.9. The SMILES string of the molecule is CC(C)[C@H]1CC[C@@H](C)C[C@H]1OC(=O)COC(=O)c1cccnc1Nc1cccc(C(F)(F)F)c1. The van der Waals surface area contributed by atoms with E-state index in [0.29, 0.717) is 11.8 Å². The van der Waals surface area contributed by atoms with E-state index in [9.17, 15) is 22.8 Å². The van der Waals surface area contributed by atoms with Crippen molar-refractivity contribution in [2.75, 3.05) is 11.9 Å². The molecule has 1 heterocycles. The van der Waals surface area contributed by atoms with E-state index in [2.05, 4.69) is 31.1 Å². The van der Waals surface area contributed by atoms with Gasteiger partial charge in [0.2, 0.25) is 0 Å². The molecular formula is C25H29F3N2O4. The van der Waals surface area contributed by atoms with Crippen molar-refractivity contribution in [3.63, 3.8) is 0 Å². The van der Waals surface area contributed by atoms with Gasteiger partial charge < -0.3 is 14.8 Å². The lowest BCUT2D eigenvalue weighted by atomic mass is 9.75. The normalized spacial score (nSPS) is 20.6. The molecule has 3 atom stereocenters. The van der Waals surface area contributed by atoms with Crippen molar-refractivity contribution in [2.24, 2.45) is 17.8 Å². The fourth-order valence-electron chi connectivity index (χ4n) is 4.23. The Morgan fingerprint density at radius 3 is 2.65 bits per heavy atom. The maximum atomic E-state index is 13.0. The molecule has 1 aliphatic rings. The Morgan fingerprint density at radius 1 is 1.18 bits per heavy atom. The van der Waals surface area contributed by atoms with Crippen LogP contribution in [0.1, 0.15) is 56.0 Å². The average molecular weight is 479 g/mol. The second-order valence-electron chi connectivity index (χ2n) is 9.03. The largest absolute Gasteiger partial charge is 0.460 e. The van der Waals surface area contributed by atoms with Gasteiger partial charge in [0.25, 0.3) is 0 Å². The molecule has 0 spiro atoms. The molecule has 0 unspecified atom stereocenters. The number of anilines is 2. The first kappa shape index (κ1) is 25.5. The third-order valence-electron chi connectivity index (χ3n) is 6.05. The number of nitrogens with zero attached hydrogens (tertiary/aromatic N) is 1. The van der Waals surface area contributed by atoms with Gasteiger partial charge in [-0.2, -0.15) is 13.2 Å². The maximum Gasteiger partial charge on any atom is 0.416 e. The van der Waals surface area contributed by atoms with Gasteiger partial charge in [-0.25, -0.2) is 14.6 Å². The monoisotopic (exact) mass is 478 g/mol. The number of alkyl halides is 3. The van der Waals surface area contributed by atoms with Gasteiger partial charge in [0.05, 0.1) is 5.56 Å². The molecule has 0 radical (unpaired) electrons. The Balaban J connectivity index is 1.63. The summed E-state index contributed by atoms with van der Waals surface area (Å²) in [5.74, 6) is -0.368. The number of carbonyl (C=O) groups excluding carboxylic acids is 2. The van der Waals surface area contributed by atoms with E-state index < -0.39 is 30.3 Å². The van der Waals surface area contributed by atoms with Crippen LogP contribution in [0.25, 0.3) is 0 Å². The predicted molar refractivity (Wildman–Crippen MR) is 120 cm³/mol. The van der Waals surface area contributed by atoms with Gasteiger partial charge in [0.1, 0.15) is 17.5 Å². The summed E-state index contributed by atoms with van der Waals surface area (Å²) in [6, 6.07) is 7.43. The first-order valence-electron chi connectivity index (χ1n) is 11.3. The van der Waals surface area contributed by atoms with Gasteiger partial charge in [0.15, 0.2) is 6.61 Å². The number of hydrogen-bond acceptors (Lipinski definition) is 6. The number of ether oxygens (including phenoxy) is 2. The topological polar surface area (TPSA) is 77.5 Å².